The maximum Gasteiger partial charge on any atom is 0.286 e. The quantitative estimate of drug-likeness (QED) is 0.499. The number of hydrogen-bond donors (Lipinski definition) is 2. The van der Waals surface area contributed by atoms with Crippen LogP contribution >= 0.6 is 0 Å². The number of nitrogens with zero attached hydrogens (tertiary/aromatic N) is 3. The SMILES string of the molecule is COc1cc(Nc2cc(=O)n(Cc3ccc(F)cc3)[nH]c2=O)ccc1-n1cnc(C)c1. The van der Waals surface area contributed by atoms with Gasteiger partial charge in [-0.1, -0.05) is 12.1 Å². The molecule has 0 unspecified atom stereocenters. The van der Waals surface area contributed by atoms with Crippen molar-refractivity contribution in [2.75, 3.05) is 12.4 Å². The molecule has 0 atom stereocenters. The smallest absolute Gasteiger partial charge is 0.286 e. The summed E-state index contributed by atoms with van der Waals surface area (Å²) >= 11 is 0. The summed E-state index contributed by atoms with van der Waals surface area (Å²) in [6.45, 7) is 2.02. The minimum absolute atomic E-state index is 0.105. The van der Waals surface area contributed by atoms with E-state index in [1.807, 2.05) is 23.8 Å². The Hall–Kier alpha value is -4.14. The molecule has 2 aromatic heterocycles. The van der Waals surface area contributed by atoms with Crippen LogP contribution in [-0.2, 0) is 6.54 Å². The molecule has 2 heterocycles. The molecule has 0 aliphatic carbocycles. The average molecular weight is 421 g/mol. The number of aromatic nitrogens is 4. The second-order valence-corrected chi connectivity index (χ2v) is 6.98. The molecular formula is C22H20FN5O3. The van der Waals surface area contributed by atoms with Gasteiger partial charge in [0.05, 0.1) is 31.4 Å². The van der Waals surface area contributed by atoms with Crippen molar-refractivity contribution in [2.45, 2.75) is 13.5 Å². The molecule has 0 spiro atoms. The molecule has 0 aliphatic rings. The summed E-state index contributed by atoms with van der Waals surface area (Å²) in [6.07, 6.45) is 3.56. The van der Waals surface area contributed by atoms with E-state index in [1.54, 1.807) is 37.7 Å². The normalized spacial score (nSPS) is 10.8. The van der Waals surface area contributed by atoms with Crippen LogP contribution in [0, 0.1) is 12.7 Å². The van der Waals surface area contributed by atoms with E-state index in [0.29, 0.717) is 17.0 Å². The lowest BCUT2D eigenvalue weighted by molar-refractivity contribution is 0.413. The Morgan fingerprint density at radius 3 is 2.58 bits per heavy atom. The third kappa shape index (κ3) is 4.40. The maximum atomic E-state index is 13.1. The van der Waals surface area contributed by atoms with Gasteiger partial charge >= 0.3 is 0 Å². The molecule has 0 bridgehead atoms. The first kappa shape index (κ1) is 20.1. The van der Waals surface area contributed by atoms with Crippen molar-refractivity contribution in [3.8, 4) is 11.4 Å². The van der Waals surface area contributed by atoms with Crippen molar-refractivity contribution in [1.82, 2.24) is 19.3 Å². The van der Waals surface area contributed by atoms with E-state index < -0.39 is 11.1 Å². The maximum absolute atomic E-state index is 13.1. The van der Waals surface area contributed by atoms with Gasteiger partial charge in [0.1, 0.15) is 17.3 Å². The van der Waals surface area contributed by atoms with Crippen LogP contribution in [0.1, 0.15) is 11.3 Å². The number of H-pyrrole nitrogens is 1. The summed E-state index contributed by atoms with van der Waals surface area (Å²) in [6, 6.07) is 12.3. The van der Waals surface area contributed by atoms with Crippen molar-refractivity contribution < 1.29 is 9.13 Å². The van der Waals surface area contributed by atoms with Crippen LogP contribution in [0.2, 0.25) is 0 Å². The van der Waals surface area contributed by atoms with Gasteiger partial charge < -0.3 is 14.6 Å². The number of benzene rings is 2. The molecule has 4 aromatic rings. The topological polar surface area (TPSA) is 93.9 Å². The Morgan fingerprint density at radius 1 is 1.13 bits per heavy atom. The van der Waals surface area contributed by atoms with E-state index in [-0.39, 0.29) is 18.0 Å². The first-order valence-electron chi connectivity index (χ1n) is 9.47. The molecule has 9 heteroatoms. The van der Waals surface area contributed by atoms with Crippen LogP contribution in [0.25, 0.3) is 5.69 Å². The molecule has 8 nitrogen and oxygen atoms in total. The van der Waals surface area contributed by atoms with Gasteiger partial charge in [0.25, 0.3) is 11.1 Å². The summed E-state index contributed by atoms with van der Waals surface area (Å²) in [5.74, 6) is 0.206. The van der Waals surface area contributed by atoms with Crippen LogP contribution in [0.5, 0.6) is 5.75 Å². The van der Waals surface area contributed by atoms with E-state index in [9.17, 15) is 14.0 Å². The highest BCUT2D eigenvalue weighted by Crippen LogP contribution is 2.27. The molecular weight excluding hydrogens is 401 g/mol. The summed E-state index contributed by atoms with van der Waals surface area (Å²) in [7, 11) is 1.55. The monoisotopic (exact) mass is 421 g/mol. The molecule has 0 fully saturated rings. The summed E-state index contributed by atoms with van der Waals surface area (Å²) in [5, 5.41) is 5.50. The lowest BCUT2D eigenvalue weighted by Gasteiger charge is -2.13. The molecule has 0 saturated carbocycles. The van der Waals surface area contributed by atoms with E-state index >= 15 is 0 Å². The molecule has 158 valence electrons. The fourth-order valence-corrected chi connectivity index (χ4v) is 3.16. The summed E-state index contributed by atoms with van der Waals surface area (Å²) in [5.41, 5.74) is 2.18. The molecule has 0 amide bonds. The highest BCUT2D eigenvalue weighted by molar-refractivity contribution is 5.64. The number of methoxy groups -OCH3 is 1. The molecule has 0 saturated heterocycles. The molecule has 2 aromatic carbocycles. The lowest BCUT2D eigenvalue weighted by Crippen LogP contribution is -2.30. The number of ether oxygens (including phenoxy) is 1. The zero-order chi connectivity index (χ0) is 22.0. The number of hydrogen-bond acceptors (Lipinski definition) is 5. The summed E-state index contributed by atoms with van der Waals surface area (Å²) in [4.78, 5) is 29.2. The number of rotatable bonds is 6. The van der Waals surface area contributed by atoms with Crippen LogP contribution < -0.4 is 21.2 Å². The Labute approximate surface area is 176 Å². The van der Waals surface area contributed by atoms with Crippen molar-refractivity contribution in [3.05, 3.63) is 98.8 Å². The number of aryl methyl sites for hydroxylation is 1. The average Bonchev–Trinajstić information content (AvgIpc) is 3.19. The molecule has 31 heavy (non-hydrogen) atoms. The Bertz CT molecular complexity index is 1340. The highest BCUT2D eigenvalue weighted by Gasteiger charge is 2.10. The van der Waals surface area contributed by atoms with Gasteiger partial charge in [-0.15, -0.1) is 0 Å². The van der Waals surface area contributed by atoms with Gasteiger partial charge in [-0.3, -0.25) is 14.7 Å². The van der Waals surface area contributed by atoms with Gasteiger partial charge in [0.2, 0.25) is 0 Å². The van der Waals surface area contributed by atoms with Crippen molar-refractivity contribution >= 4 is 11.4 Å². The number of anilines is 2. The Balaban J connectivity index is 1.59. The van der Waals surface area contributed by atoms with Gasteiger partial charge in [-0.25, -0.2) is 14.1 Å². The fraction of sp³-hybridized carbons (Fsp3) is 0.136. The van der Waals surface area contributed by atoms with Crippen molar-refractivity contribution in [1.29, 1.82) is 0 Å². The van der Waals surface area contributed by atoms with E-state index in [4.69, 9.17) is 4.74 Å². The first-order valence-corrected chi connectivity index (χ1v) is 9.47. The summed E-state index contributed by atoms with van der Waals surface area (Å²) < 4.78 is 21.5. The number of nitrogens with one attached hydrogen (secondary N) is 2. The zero-order valence-corrected chi connectivity index (χ0v) is 16.9. The Kier molecular flexibility index (Phi) is 5.40. The van der Waals surface area contributed by atoms with Gasteiger partial charge in [0, 0.05) is 24.0 Å². The molecule has 0 aliphatic heterocycles. The highest BCUT2D eigenvalue weighted by atomic mass is 19.1. The third-order valence-electron chi connectivity index (χ3n) is 4.72. The standard InChI is InChI=1S/C22H20FN5O3/c1-14-11-27(13-24-14)19-8-7-17(9-20(19)31-2)25-18-10-21(29)28(26-22(18)30)12-15-3-5-16(23)6-4-15/h3-11,13,25H,12H2,1-2H3,(H,26,30). The predicted octanol–water partition coefficient (Wildman–Crippen LogP) is 2.97. The van der Waals surface area contributed by atoms with Crippen LogP contribution in [-0.4, -0.2) is 26.4 Å². The zero-order valence-electron chi connectivity index (χ0n) is 16.9. The minimum Gasteiger partial charge on any atom is -0.494 e. The molecule has 2 N–H and O–H groups in total. The van der Waals surface area contributed by atoms with Crippen LogP contribution in [0.4, 0.5) is 15.8 Å². The first-order chi connectivity index (χ1) is 14.9. The Morgan fingerprint density at radius 2 is 1.90 bits per heavy atom. The minimum atomic E-state index is -0.463. The number of aromatic amines is 1. The van der Waals surface area contributed by atoms with E-state index in [2.05, 4.69) is 15.4 Å². The van der Waals surface area contributed by atoms with Crippen LogP contribution in [0.15, 0.2) is 70.6 Å². The molecule has 0 radical (unpaired) electrons. The van der Waals surface area contributed by atoms with E-state index in [1.165, 1.54) is 22.9 Å². The van der Waals surface area contributed by atoms with Crippen LogP contribution in [0.3, 0.4) is 0 Å². The van der Waals surface area contributed by atoms with Crippen molar-refractivity contribution in [3.63, 3.8) is 0 Å². The van der Waals surface area contributed by atoms with Crippen molar-refractivity contribution in [2.24, 2.45) is 0 Å². The predicted molar refractivity (Wildman–Crippen MR) is 115 cm³/mol. The number of imidazole rings is 1. The second kappa shape index (κ2) is 8.31. The largest absolute Gasteiger partial charge is 0.494 e. The number of halogens is 1. The lowest BCUT2D eigenvalue weighted by atomic mass is 10.2. The molecule has 4 rings (SSSR count). The second-order valence-electron chi connectivity index (χ2n) is 6.98. The fourth-order valence-electron chi connectivity index (χ4n) is 3.16. The van der Waals surface area contributed by atoms with Gasteiger partial charge in [-0.05, 0) is 36.8 Å². The van der Waals surface area contributed by atoms with E-state index in [0.717, 1.165) is 11.4 Å². The van der Waals surface area contributed by atoms with Gasteiger partial charge in [-0.2, -0.15) is 0 Å². The third-order valence-corrected chi connectivity index (χ3v) is 4.72. The van der Waals surface area contributed by atoms with Gasteiger partial charge in [0.15, 0.2) is 0 Å².